The van der Waals surface area contributed by atoms with Crippen LogP contribution < -0.4 is 11.1 Å². The highest BCUT2D eigenvalue weighted by molar-refractivity contribution is 5.75. The van der Waals surface area contributed by atoms with Crippen LogP contribution in [0.1, 0.15) is 0 Å². The molecular formula is C6H10N6. The summed E-state index contributed by atoms with van der Waals surface area (Å²) in [7, 11) is 1.94. The molecule has 0 radical (unpaired) electrons. The Balaban J connectivity index is 0.000000202. The number of aromatic nitrogens is 2. The third kappa shape index (κ3) is 6.10. The lowest BCUT2D eigenvalue weighted by Gasteiger charge is -1.82. The van der Waals surface area contributed by atoms with Crippen molar-refractivity contribution in [2.75, 3.05) is 0 Å². The standard InChI is InChI=1S/C4H6N2.C2H4N4/c1-6-3-2-5-4-6;3-1-6-2(4)5/h2-4H,1H3;(H4,4,5,6). The largest absolute Gasteiger partial charge is 0.369 e. The van der Waals surface area contributed by atoms with E-state index < -0.39 is 0 Å². The van der Waals surface area contributed by atoms with Crippen molar-refractivity contribution < 1.29 is 0 Å². The number of guanidine groups is 1. The molecule has 0 aliphatic heterocycles. The summed E-state index contributed by atoms with van der Waals surface area (Å²) in [5, 5.41) is 15.9. The van der Waals surface area contributed by atoms with E-state index in [1.165, 1.54) is 6.19 Å². The molecule has 64 valence electrons. The van der Waals surface area contributed by atoms with Crippen LogP contribution in [0.3, 0.4) is 0 Å². The van der Waals surface area contributed by atoms with Crippen LogP contribution in [0.5, 0.6) is 0 Å². The molecule has 1 heterocycles. The highest BCUT2D eigenvalue weighted by atomic mass is 15.0. The van der Waals surface area contributed by atoms with Gasteiger partial charge in [-0.2, -0.15) is 5.26 Å². The van der Waals surface area contributed by atoms with Gasteiger partial charge in [-0.25, -0.2) is 4.98 Å². The number of nitrogens with one attached hydrogen (secondary N) is 2. The number of hydrogen-bond donors (Lipinski definition) is 3. The van der Waals surface area contributed by atoms with Gasteiger partial charge < -0.3 is 10.3 Å². The van der Waals surface area contributed by atoms with Gasteiger partial charge in [0.1, 0.15) is 0 Å². The number of nitrogens with zero attached hydrogens (tertiary/aromatic N) is 3. The van der Waals surface area contributed by atoms with Gasteiger partial charge in [0.2, 0.25) is 0 Å². The second-order valence-electron chi connectivity index (χ2n) is 1.88. The molecule has 4 N–H and O–H groups in total. The lowest BCUT2D eigenvalue weighted by molar-refractivity contribution is 0.913. The minimum absolute atomic E-state index is 0.322. The fourth-order valence-corrected chi connectivity index (χ4v) is 0.386. The van der Waals surface area contributed by atoms with Crippen LogP contribution >= 0.6 is 0 Å². The number of rotatable bonds is 0. The Labute approximate surface area is 70.1 Å². The summed E-state index contributed by atoms with van der Waals surface area (Å²) in [5.74, 6) is -0.322. The minimum atomic E-state index is -0.322. The quantitative estimate of drug-likeness (QED) is 0.206. The first-order valence-corrected chi connectivity index (χ1v) is 3.08. The van der Waals surface area contributed by atoms with Crippen LogP contribution in [0.15, 0.2) is 18.7 Å². The molecule has 0 spiro atoms. The first-order valence-electron chi connectivity index (χ1n) is 3.08. The predicted octanol–water partition coefficient (Wildman–Crippen LogP) is -0.629. The first-order chi connectivity index (χ1) is 5.66. The van der Waals surface area contributed by atoms with E-state index in [1.807, 2.05) is 23.1 Å². The van der Waals surface area contributed by atoms with E-state index in [1.54, 1.807) is 12.5 Å². The van der Waals surface area contributed by atoms with Crippen molar-refractivity contribution in [3.05, 3.63) is 18.7 Å². The lowest BCUT2D eigenvalue weighted by Crippen LogP contribution is -2.25. The zero-order valence-electron chi connectivity index (χ0n) is 6.65. The maximum absolute atomic E-state index is 7.65. The number of hydrogen-bond acceptors (Lipinski definition) is 3. The molecule has 1 rings (SSSR count). The van der Waals surface area contributed by atoms with Gasteiger partial charge in [-0.15, -0.1) is 0 Å². The molecule has 0 bridgehead atoms. The van der Waals surface area contributed by atoms with Gasteiger partial charge >= 0.3 is 0 Å². The van der Waals surface area contributed by atoms with Gasteiger partial charge in [-0.05, 0) is 0 Å². The van der Waals surface area contributed by atoms with Crippen molar-refractivity contribution in [2.45, 2.75) is 0 Å². The molecule has 0 fully saturated rings. The van der Waals surface area contributed by atoms with E-state index in [0.29, 0.717) is 0 Å². The third-order valence-electron chi connectivity index (χ3n) is 0.827. The number of imidazole rings is 1. The molecule has 0 saturated carbocycles. The summed E-state index contributed by atoms with van der Waals surface area (Å²) < 4.78 is 1.89. The Hall–Kier alpha value is -2.03. The van der Waals surface area contributed by atoms with Gasteiger partial charge in [0, 0.05) is 19.4 Å². The maximum atomic E-state index is 7.65. The van der Waals surface area contributed by atoms with Crippen molar-refractivity contribution >= 4 is 5.96 Å². The van der Waals surface area contributed by atoms with Gasteiger partial charge in [0.25, 0.3) is 0 Å². The summed E-state index contributed by atoms with van der Waals surface area (Å²) in [6.45, 7) is 0. The molecule has 0 unspecified atom stereocenters. The number of nitriles is 1. The van der Waals surface area contributed by atoms with E-state index in [9.17, 15) is 0 Å². The predicted molar refractivity (Wildman–Crippen MR) is 43.9 cm³/mol. The average molecular weight is 166 g/mol. The number of aryl methyl sites for hydroxylation is 1. The van der Waals surface area contributed by atoms with E-state index in [4.69, 9.17) is 10.7 Å². The van der Waals surface area contributed by atoms with Crippen LogP contribution in [0.25, 0.3) is 0 Å². The van der Waals surface area contributed by atoms with Crippen molar-refractivity contribution in [1.29, 1.82) is 10.7 Å². The number of nitrogens with two attached hydrogens (primary N) is 1. The Morgan fingerprint density at radius 2 is 2.50 bits per heavy atom. The van der Waals surface area contributed by atoms with Crippen molar-refractivity contribution in [2.24, 2.45) is 12.8 Å². The Morgan fingerprint density at radius 3 is 2.58 bits per heavy atom. The van der Waals surface area contributed by atoms with Gasteiger partial charge in [-0.3, -0.25) is 10.7 Å². The van der Waals surface area contributed by atoms with Crippen LogP contribution in [-0.4, -0.2) is 15.5 Å². The van der Waals surface area contributed by atoms with Crippen LogP contribution in [0.2, 0.25) is 0 Å². The van der Waals surface area contributed by atoms with Crippen molar-refractivity contribution in [3.63, 3.8) is 0 Å². The summed E-state index contributed by atoms with van der Waals surface area (Å²) in [6.07, 6.45) is 6.86. The normalized spacial score (nSPS) is 7.33. The van der Waals surface area contributed by atoms with Gasteiger partial charge in [-0.1, -0.05) is 0 Å². The molecule has 6 nitrogen and oxygen atoms in total. The molecule has 1 aromatic heterocycles. The summed E-state index contributed by atoms with van der Waals surface area (Å²) in [5.41, 5.74) is 4.65. The molecule has 0 aliphatic rings. The zero-order chi connectivity index (χ0) is 9.40. The second kappa shape index (κ2) is 5.73. The van der Waals surface area contributed by atoms with Crippen molar-refractivity contribution in [3.8, 4) is 6.19 Å². The lowest BCUT2D eigenvalue weighted by atomic mass is 10.9. The van der Waals surface area contributed by atoms with E-state index >= 15 is 0 Å². The molecule has 0 amide bonds. The molecule has 1 aromatic rings. The Kier molecular flexibility index (Phi) is 4.76. The van der Waals surface area contributed by atoms with Crippen LogP contribution in [0.4, 0.5) is 0 Å². The Morgan fingerprint density at radius 1 is 1.83 bits per heavy atom. The van der Waals surface area contributed by atoms with Gasteiger partial charge in [0.15, 0.2) is 12.2 Å². The topological polar surface area (TPSA) is 104 Å². The zero-order valence-corrected chi connectivity index (χ0v) is 6.65. The van der Waals surface area contributed by atoms with Gasteiger partial charge in [0.05, 0.1) is 6.33 Å². The van der Waals surface area contributed by atoms with Crippen LogP contribution in [-0.2, 0) is 7.05 Å². The first kappa shape index (κ1) is 9.97. The molecular weight excluding hydrogens is 156 g/mol. The monoisotopic (exact) mass is 166 g/mol. The smallest absolute Gasteiger partial charge is 0.199 e. The fraction of sp³-hybridized carbons (Fsp3) is 0.167. The summed E-state index contributed by atoms with van der Waals surface area (Å²) >= 11 is 0. The van der Waals surface area contributed by atoms with E-state index in [-0.39, 0.29) is 5.96 Å². The summed E-state index contributed by atoms with van der Waals surface area (Å²) in [4.78, 5) is 3.78. The SMILES string of the molecule is Cn1ccnc1.N#CNC(=N)N. The molecule has 0 aliphatic carbocycles. The van der Waals surface area contributed by atoms with E-state index in [0.717, 1.165) is 0 Å². The Bertz CT molecular complexity index is 256. The molecule has 6 heteroatoms. The third-order valence-corrected chi connectivity index (χ3v) is 0.827. The average Bonchev–Trinajstić information content (AvgIpc) is 2.40. The summed E-state index contributed by atoms with van der Waals surface area (Å²) in [6, 6.07) is 0. The van der Waals surface area contributed by atoms with E-state index in [2.05, 4.69) is 10.7 Å². The molecule has 0 atom stereocenters. The van der Waals surface area contributed by atoms with Crippen molar-refractivity contribution in [1.82, 2.24) is 14.9 Å². The minimum Gasteiger partial charge on any atom is -0.369 e. The maximum Gasteiger partial charge on any atom is 0.199 e. The second-order valence-corrected chi connectivity index (χ2v) is 1.88. The highest BCUT2D eigenvalue weighted by Crippen LogP contribution is 1.73. The van der Waals surface area contributed by atoms with Crippen LogP contribution in [0, 0.1) is 16.9 Å². The molecule has 12 heavy (non-hydrogen) atoms. The molecule has 0 aromatic carbocycles. The molecule has 0 saturated heterocycles. The highest BCUT2D eigenvalue weighted by Gasteiger charge is 1.73. The fourth-order valence-electron chi connectivity index (χ4n) is 0.386.